The lowest BCUT2D eigenvalue weighted by molar-refractivity contribution is -0.134. The first-order chi connectivity index (χ1) is 15.8. The molecule has 0 aliphatic rings. The molecule has 5 N–H and O–H groups in total. The summed E-state index contributed by atoms with van der Waals surface area (Å²) >= 11 is 7.65. The number of hydrogen-bond acceptors (Lipinski definition) is 6. The highest BCUT2D eigenvalue weighted by Crippen LogP contribution is 2.30. The highest BCUT2D eigenvalue weighted by molar-refractivity contribution is 7.14. The minimum absolute atomic E-state index is 0.297. The maximum Gasteiger partial charge on any atom is 0.328 e. The van der Waals surface area contributed by atoms with E-state index in [1.54, 1.807) is 7.11 Å². The second kappa shape index (κ2) is 12.8. The second-order valence-corrected chi connectivity index (χ2v) is 7.43. The van der Waals surface area contributed by atoms with Crippen molar-refractivity contribution in [3.63, 3.8) is 0 Å². The largest absolute Gasteiger partial charge is 0.496 e. The van der Waals surface area contributed by atoms with Crippen LogP contribution in [0.4, 0.5) is 5.13 Å². The number of rotatable bonds is 7. The number of para-hydroxylation sites is 1. The molecule has 0 amide bonds. The van der Waals surface area contributed by atoms with Crippen molar-refractivity contribution < 1.29 is 24.5 Å². The molecule has 0 aliphatic heterocycles. The number of aliphatic imine (C=N–C) groups is 1. The van der Waals surface area contributed by atoms with E-state index in [0.717, 1.165) is 22.6 Å². The number of carboxylic acid groups (broad SMARTS) is 2. The lowest BCUT2D eigenvalue weighted by Gasteiger charge is -2.06. The molecule has 1 heterocycles. The minimum Gasteiger partial charge on any atom is -0.496 e. The second-order valence-electron chi connectivity index (χ2n) is 6.17. The molecule has 9 nitrogen and oxygen atoms in total. The fraction of sp³-hybridized carbons (Fsp3) is 0.0909. The van der Waals surface area contributed by atoms with Crippen LogP contribution in [0.5, 0.6) is 5.75 Å². The van der Waals surface area contributed by atoms with Crippen molar-refractivity contribution in [3.8, 4) is 17.0 Å². The van der Waals surface area contributed by atoms with Crippen LogP contribution in [-0.2, 0) is 16.1 Å². The van der Waals surface area contributed by atoms with Crippen molar-refractivity contribution in [1.82, 2.24) is 4.98 Å². The minimum atomic E-state index is -1.26. The molecule has 3 rings (SSSR count). The fourth-order valence-electron chi connectivity index (χ4n) is 2.42. The Morgan fingerprint density at radius 2 is 1.79 bits per heavy atom. The van der Waals surface area contributed by atoms with Gasteiger partial charge in [0.1, 0.15) is 5.75 Å². The van der Waals surface area contributed by atoms with E-state index in [-0.39, 0.29) is 0 Å². The van der Waals surface area contributed by atoms with Crippen LogP contribution in [0.25, 0.3) is 11.3 Å². The van der Waals surface area contributed by atoms with Crippen LogP contribution in [0, 0.1) is 0 Å². The highest BCUT2D eigenvalue weighted by Gasteiger charge is 2.08. The van der Waals surface area contributed by atoms with Crippen LogP contribution in [0.1, 0.15) is 5.56 Å². The summed E-state index contributed by atoms with van der Waals surface area (Å²) in [5.74, 6) is -1.43. The number of halogens is 1. The summed E-state index contributed by atoms with van der Waals surface area (Å²) in [5, 5.41) is 21.9. The van der Waals surface area contributed by atoms with Gasteiger partial charge in [-0.1, -0.05) is 48.0 Å². The average molecular weight is 489 g/mol. The van der Waals surface area contributed by atoms with E-state index in [4.69, 9.17) is 32.3 Å². The quantitative estimate of drug-likeness (QED) is 0.220. The van der Waals surface area contributed by atoms with Crippen molar-refractivity contribution in [1.29, 1.82) is 0 Å². The Bertz CT molecular complexity index is 1150. The van der Waals surface area contributed by atoms with E-state index >= 15 is 0 Å². The molecule has 0 saturated carbocycles. The number of ether oxygens (including phenoxy) is 1. The summed E-state index contributed by atoms with van der Waals surface area (Å²) in [6.07, 6.45) is 1.12. The Kier molecular flexibility index (Phi) is 9.87. The number of guanidine groups is 1. The van der Waals surface area contributed by atoms with E-state index in [1.165, 1.54) is 11.3 Å². The predicted molar refractivity (Wildman–Crippen MR) is 129 cm³/mol. The number of thiazole rings is 1. The van der Waals surface area contributed by atoms with Gasteiger partial charge >= 0.3 is 11.9 Å². The number of nitrogens with zero attached hydrogens (tertiary/aromatic N) is 2. The first-order valence-electron chi connectivity index (χ1n) is 9.33. The molecule has 11 heteroatoms. The molecule has 33 heavy (non-hydrogen) atoms. The van der Waals surface area contributed by atoms with Crippen LogP contribution in [0.3, 0.4) is 0 Å². The summed E-state index contributed by atoms with van der Waals surface area (Å²) < 4.78 is 5.31. The zero-order valence-corrected chi connectivity index (χ0v) is 19.0. The van der Waals surface area contributed by atoms with Gasteiger partial charge in [0.05, 0.1) is 19.3 Å². The third-order valence-electron chi connectivity index (χ3n) is 3.87. The van der Waals surface area contributed by atoms with Gasteiger partial charge in [-0.05, 0) is 12.1 Å². The smallest absolute Gasteiger partial charge is 0.328 e. The third-order valence-corrected chi connectivity index (χ3v) is 4.96. The molecule has 0 aliphatic carbocycles. The molecule has 0 atom stereocenters. The maximum atomic E-state index is 9.55. The molecule has 0 unspecified atom stereocenters. The Hall–Kier alpha value is -3.89. The molecule has 1 aromatic heterocycles. The Balaban J connectivity index is 0.000000414. The predicted octanol–water partition coefficient (Wildman–Crippen LogP) is 4.11. The molecular weight excluding hydrogens is 468 g/mol. The molecular formula is C22H21ClN4O5S. The Labute approximate surface area is 198 Å². The number of aromatic nitrogens is 1. The van der Waals surface area contributed by atoms with Gasteiger partial charge in [-0.2, -0.15) is 0 Å². The molecule has 0 fully saturated rings. The molecule has 0 bridgehead atoms. The SMILES string of the molecule is COc1ccccc1CN=C(N)Nc1nc(-c2ccccc2Cl)cs1.O=C(O)C=CC(=O)O. The summed E-state index contributed by atoms with van der Waals surface area (Å²) in [6, 6.07) is 15.3. The number of benzene rings is 2. The van der Waals surface area contributed by atoms with Crippen LogP contribution < -0.4 is 15.8 Å². The zero-order chi connectivity index (χ0) is 24.2. The molecule has 0 spiro atoms. The Morgan fingerprint density at radius 1 is 1.15 bits per heavy atom. The standard InChI is InChI=1S/C18H17ClN4OS.C4H4O4/c1-24-16-9-5-2-6-12(16)10-21-17(20)23-18-22-15(11-25-18)13-7-3-4-8-14(13)19;5-3(6)1-2-4(7)8/h2-9,11H,10H2,1H3,(H3,20,21,22,23);1-2H,(H,5,6)(H,7,8). The Morgan fingerprint density at radius 3 is 2.42 bits per heavy atom. The summed E-state index contributed by atoms with van der Waals surface area (Å²) in [5.41, 5.74) is 8.61. The van der Waals surface area contributed by atoms with Gasteiger partial charge in [0.25, 0.3) is 0 Å². The van der Waals surface area contributed by atoms with E-state index in [9.17, 15) is 9.59 Å². The van der Waals surface area contributed by atoms with Gasteiger partial charge in [0.15, 0.2) is 11.1 Å². The zero-order valence-electron chi connectivity index (χ0n) is 17.4. The molecule has 0 saturated heterocycles. The normalized spacial score (nSPS) is 10.9. The van der Waals surface area contributed by atoms with Crippen molar-refractivity contribution in [2.75, 3.05) is 12.4 Å². The van der Waals surface area contributed by atoms with Gasteiger partial charge < -0.3 is 26.0 Å². The van der Waals surface area contributed by atoms with E-state index in [1.807, 2.05) is 53.9 Å². The summed E-state index contributed by atoms with van der Waals surface area (Å²) in [7, 11) is 1.63. The van der Waals surface area contributed by atoms with Gasteiger partial charge in [-0.15, -0.1) is 11.3 Å². The molecule has 2 aromatic carbocycles. The van der Waals surface area contributed by atoms with Gasteiger partial charge in [-0.3, -0.25) is 0 Å². The lowest BCUT2D eigenvalue weighted by Crippen LogP contribution is -2.22. The fourth-order valence-corrected chi connectivity index (χ4v) is 3.37. The van der Waals surface area contributed by atoms with Crippen molar-refractivity contribution >= 4 is 46.0 Å². The van der Waals surface area contributed by atoms with Gasteiger partial charge in [0.2, 0.25) is 0 Å². The van der Waals surface area contributed by atoms with Crippen LogP contribution in [0.2, 0.25) is 5.02 Å². The third kappa shape index (κ3) is 8.63. The number of nitrogens with two attached hydrogens (primary N) is 1. The molecule has 172 valence electrons. The first kappa shape index (κ1) is 25.4. The van der Waals surface area contributed by atoms with Crippen LogP contribution >= 0.6 is 22.9 Å². The number of nitrogens with one attached hydrogen (secondary N) is 1. The van der Waals surface area contributed by atoms with E-state index in [0.29, 0.717) is 34.8 Å². The highest BCUT2D eigenvalue weighted by atomic mass is 35.5. The van der Waals surface area contributed by atoms with Crippen LogP contribution in [0.15, 0.2) is 71.1 Å². The number of aliphatic carboxylic acids is 2. The van der Waals surface area contributed by atoms with Crippen molar-refractivity contribution in [2.45, 2.75) is 6.54 Å². The summed E-state index contributed by atoms with van der Waals surface area (Å²) in [6.45, 7) is 0.422. The summed E-state index contributed by atoms with van der Waals surface area (Å²) in [4.78, 5) is 28.0. The van der Waals surface area contributed by atoms with Gasteiger partial charge in [0, 0.05) is 33.7 Å². The number of carboxylic acids is 2. The average Bonchev–Trinajstić information content (AvgIpc) is 3.25. The van der Waals surface area contributed by atoms with Gasteiger partial charge in [-0.25, -0.2) is 19.6 Å². The number of anilines is 1. The first-order valence-corrected chi connectivity index (χ1v) is 10.6. The van der Waals surface area contributed by atoms with Crippen molar-refractivity contribution in [3.05, 3.63) is 76.6 Å². The number of carbonyl (C=O) groups is 2. The van der Waals surface area contributed by atoms with Crippen molar-refractivity contribution in [2.24, 2.45) is 10.7 Å². The number of methoxy groups -OCH3 is 1. The molecule has 3 aromatic rings. The molecule has 0 radical (unpaired) electrons. The van der Waals surface area contributed by atoms with Crippen LogP contribution in [-0.4, -0.2) is 40.2 Å². The topological polar surface area (TPSA) is 147 Å². The van der Waals surface area contributed by atoms with E-state index in [2.05, 4.69) is 15.3 Å². The lowest BCUT2D eigenvalue weighted by atomic mass is 10.2. The monoisotopic (exact) mass is 488 g/mol. The van der Waals surface area contributed by atoms with E-state index < -0.39 is 11.9 Å². The number of hydrogen-bond donors (Lipinski definition) is 4. The maximum absolute atomic E-state index is 9.55.